The van der Waals surface area contributed by atoms with Crippen molar-refractivity contribution in [3.63, 3.8) is 0 Å². The molecule has 9 heteroatoms. The topological polar surface area (TPSA) is 117 Å². The first-order valence-corrected chi connectivity index (χ1v) is 10.4. The Kier molecular flexibility index (Phi) is 5.02. The Hall–Kier alpha value is -3.85. The average molecular weight is 431 g/mol. The summed E-state index contributed by atoms with van der Waals surface area (Å²) < 4.78 is 1.64. The van der Waals surface area contributed by atoms with Crippen LogP contribution in [0.15, 0.2) is 48.7 Å². The number of aliphatic hydroxyl groups is 1. The minimum Gasteiger partial charge on any atom is -0.396 e. The van der Waals surface area contributed by atoms with Crippen LogP contribution in [0.3, 0.4) is 0 Å². The number of amides is 3. The largest absolute Gasteiger partial charge is 0.396 e. The molecule has 1 aromatic heterocycles. The molecular formula is C23H21N5O4. The second kappa shape index (κ2) is 8.01. The van der Waals surface area contributed by atoms with Gasteiger partial charge in [-0.05, 0) is 30.5 Å². The van der Waals surface area contributed by atoms with E-state index in [2.05, 4.69) is 15.6 Å². The Morgan fingerprint density at radius 3 is 2.66 bits per heavy atom. The Morgan fingerprint density at radius 1 is 1.09 bits per heavy atom. The summed E-state index contributed by atoms with van der Waals surface area (Å²) in [5, 5.41) is 19.9. The molecule has 2 aliphatic rings. The molecule has 162 valence electrons. The van der Waals surface area contributed by atoms with Gasteiger partial charge in [-0.15, -0.1) is 5.10 Å². The van der Waals surface area contributed by atoms with Gasteiger partial charge in [0, 0.05) is 36.3 Å². The van der Waals surface area contributed by atoms with Crippen LogP contribution in [0.1, 0.15) is 34.3 Å². The standard InChI is InChI=1S/C23H21N5O4/c29-11-10-14-4-6-15(7-5-14)18-13-28(26-25-18)19-3-1-2-16-17(19)12-27(23(16)32)20-8-9-21(30)24-22(20)31/h1-7,13,20,29H,8-12H2,(H,24,30,31). The number of nitrogens with one attached hydrogen (secondary N) is 1. The van der Waals surface area contributed by atoms with E-state index in [1.165, 1.54) is 4.90 Å². The Balaban J connectivity index is 1.43. The molecule has 0 radical (unpaired) electrons. The summed E-state index contributed by atoms with van der Waals surface area (Å²) in [7, 11) is 0. The summed E-state index contributed by atoms with van der Waals surface area (Å²) in [4.78, 5) is 38.3. The van der Waals surface area contributed by atoms with Gasteiger partial charge < -0.3 is 10.0 Å². The number of carbonyl (C=O) groups excluding carboxylic acids is 3. The number of hydrogen-bond donors (Lipinski definition) is 2. The monoisotopic (exact) mass is 431 g/mol. The number of rotatable bonds is 5. The summed E-state index contributed by atoms with van der Waals surface area (Å²) in [6.07, 6.45) is 2.93. The van der Waals surface area contributed by atoms with Gasteiger partial charge in [0.2, 0.25) is 11.8 Å². The number of imide groups is 1. The molecule has 1 fully saturated rings. The van der Waals surface area contributed by atoms with Crippen molar-refractivity contribution in [3.05, 3.63) is 65.4 Å². The minimum absolute atomic E-state index is 0.100. The summed E-state index contributed by atoms with van der Waals surface area (Å²) in [5.41, 5.74) is 4.64. The molecule has 1 saturated heterocycles. The highest BCUT2D eigenvalue weighted by Crippen LogP contribution is 2.31. The van der Waals surface area contributed by atoms with E-state index in [4.69, 9.17) is 5.11 Å². The fourth-order valence-corrected chi connectivity index (χ4v) is 4.27. The van der Waals surface area contributed by atoms with Crippen molar-refractivity contribution in [3.8, 4) is 16.9 Å². The van der Waals surface area contributed by atoms with Crippen LogP contribution in [-0.2, 0) is 22.6 Å². The van der Waals surface area contributed by atoms with Crippen LogP contribution < -0.4 is 5.32 Å². The summed E-state index contributed by atoms with van der Waals surface area (Å²) in [6, 6.07) is 12.5. The normalized spacial score (nSPS) is 18.1. The third kappa shape index (κ3) is 3.46. The quantitative estimate of drug-likeness (QED) is 0.587. The number of carbonyl (C=O) groups is 3. The van der Waals surface area contributed by atoms with E-state index in [1.807, 2.05) is 30.3 Å². The summed E-state index contributed by atoms with van der Waals surface area (Å²) in [5.74, 6) is -0.969. The Morgan fingerprint density at radius 2 is 1.91 bits per heavy atom. The van der Waals surface area contributed by atoms with E-state index in [0.717, 1.165) is 22.4 Å². The maximum Gasteiger partial charge on any atom is 0.255 e. The first-order valence-electron chi connectivity index (χ1n) is 10.4. The zero-order valence-corrected chi connectivity index (χ0v) is 17.2. The van der Waals surface area contributed by atoms with E-state index >= 15 is 0 Å². The number of aliphatic hydroxyl groups excluding tert-OH is 1. The second-order valence-corrected chi connectivity index (χ2v) is 7.92. The van der Waals surface area contributed by atoms with Crippen molar-refractivity contribution in [1.82, 2.24) is 25.2 Å². The van der Waals surface area contributed by atoms with E-state index in [9.17, 15) is 14.4 Å². The molecule has 3 amide bonds. The molecule has 9 nitrogen and oxygen atoms in total. The summed E-state index contributed by atoms with van der Waals surface area (Å²) in [6.45, 7) is 0.366. The zero-order chi connectivity index (χ0) is 22.2. The lowest BCUT2D eigenvalue weighted by molar-refractivity contribution is -0.136. The number of nitrogens with zero attached hydrogens (tertiary/aromatic N) is 4. The van der Waals surface area contributed by atoms with Crippen molar-refractivity contribution in [2.75, 3.05) is 6.61 Å². The SMILES string of the molecule is O=C1CCC(N2Cc3c(cccc3-n3cc(-c4ccc(CCO)cc4)nn3)C2=O)C(=O)N1. The molecule has 1 unspecified atom stereocenters. The van der Waals surface area contributed by atoms with E-state index in [1.54, 1.807) is 23.0 Å². The first-order chi connectivity index (χ1) is 15.5. The number of piperidine rings is 1. The van der Waals surface area contributed by atoms with Gasteiger partial charge in [0.1, 0.15) is 11.7 Å². The average Bonchev–Trinajstić information content (AvgIpc) is 3.40. The van der Waals surface area contributed by atoms with Crippen LogP contribution in [0.5, 0.6) is 0 Å². The minimum atomic E-state index is -0.663. The Bertz CT molecular complexity index is 1220. The highest BCUT2D eigenvalue weighted by atomic mass is 16.3. The van der Waals surface area contributed by atoms with Crippen molar-refractivity contribution in [1.29, 1.82) is 0 Å². The van der Waals surface area contributed by atoms with Crippen LogP contribution in [0.25, 0.3) is 16.9 Å². The number of hydrogen-bond acceptors (Lipinski definition) is 6. The predicted octanol–water partition coefficient (Wildman–Crippen LogP) is 1.23. The van der Waals surface area contributed by atoms with Gasteiger partial charge in [-0.25, -0.2) is 4.68 Å². The van der Waals surface area contributed by atoms with E-state index in [-0.39, 0.29) is 31.4 Å². The maximum atomic E-state index is 13.0. The molecule has 2 aliphatic heterocycles. The van der Waals surface area contributed by atoms with Gasteiger partial charge in [-0.2, -0.15) is 0 Å². The fourth-order valence-electron chi connectivity index (χ4n) is 4.27. The van der Waals surface area contributed by atoms with Gasteiger partial charge in [0.25, 0.3) is 5.91 Å². The molecule has 32 heavy (non-hydrogen) atoms. The van der Waals surface area contributed by atoms with Crippen molar-refractivity contribution in [2.45, 2.75) is 31.8 Å². The lowest BCUT2D eigenvalue weighted by Crippen LogP contribution is -2.52. The van der Waals surface area contributed by atoms with Crippen LogP contribution in [-0.4, -0.2) is 55.4 Å². The van der Waals surface area contributed by atoms with Crippen LogP contribution in [0.4, 0.5) is 0 Å². The molecular weight excluding hydrogens is 410 g/mol. The smallest absolute Gasteiger partial charge is 0.255 e. The molecule has 2 N–H and O–H groups in total. The van der Waals surface area contributed by atoms with Gasteiger partial charge in [0.15, 0.2) is 0 Å². The maximum absolute atomic E-state index is 13.0. The molecule has 1 atom stereocenters. The van der Waals surface area contributed by atoms with Gasteiger partial charge in [-0.1, -0.05) is 35.5 Å². The molecule has 5 rings (SSSR count). The second-order valence-electron chi connectivity index (χ2n) is 7.92. The third-order valence-electron chi connectivity index (χ3n) is 5.95. The van der Waals surface area contributed by atoms with Gasteiger partial charge >= 0.3 is 0 Å². The van der Waals surface area contributed by atoms with E-state index < -0.39 is 11.9 Å². The molecule has 3 heterocycles. The van der Waals surface area contributed by atoms with Crippen LogP contribution >= 0.6 is 0 Å². The molecule has 0 spiro atoms. The van der Waals surface area contributed by atoms with Crippen LogP contribution in [0.2, 0.25) is 0 Å². The highest BCUT2D eigenvalue weighted by Gasteiger charge is 2.40. The number of benzene rings is 2. The van der Waals surface area contributed by atoms with Gasteiger partial charge in [-0.3, -0.25) is 19.7 Å². The fraction of sp³-hybridized carbons (Fsp3) is 0.261. The lowest BCUT2D eigenvalue weighted by Gasteiger charge is -2.29. The Labute approximate surface area is 183 Å². The van der Waals surface area contributed by atoms with Crippen LogP contribution in [0, 0.1) is 0 Å². The predicted molar refractivity (Wildman–Crippen MR) is 114 cm³/mol. The van der Waals surface area contributed by atoms with Crippen molar-refractivity contribution < 1.29 is 19.5 Å². The zero-order valence-electron chi connectivity index (χ0n) is 17.2. The van der Waals surface area contributed by atoms with Crippen molar-refractivity contribution in [2.24, 2.45) is 0 Å². The first kappa shape index (κ1) is 20.1. The molecule has 0 bridgehead atoms. The van der Waals surface area contributed by atoms with E-state index in [0.29, 0.717) is 24.1 Å². The summed E-state index contributed by atoms with van der Waals surface area (Å²) >= 11 is 0. The molecule has 3 aromatic rings. The number of aromatic nitrogens is 3. The number of fused-ring (bicyclic) bond motifs is 1. The van der Waals surface area contributed by atoms with Gasteiger partial charge in [0.05, 0.1) is 11.9 Å². The molecule has 0 saturated carbocycles. The lowest BCUT2D eigenvalue weighted by atomic mass is 10.0. The molecule has 2 aromatic carbocycles. The third-order valence-corrected chi connectivity index (χ3v) is 5.95. The highest BCUT2D eigenvalue weighted by molar-refractivity contribution is 6.05. The molecule has 0 aliphatic carbocycles. The van der Waals surface area contributed by atoms with Crippen molar-refractivity contribution >= 4 is 17.7 Å².